The minimum atomic E-state index is -0.0630. The van der Waals surface area contributed by atoms with E-state index in [-0.39, 0.29) is 17.7 Å². The number of hydrogen-bond donors (Lipinski definition) is 2. The largest absolute Gasteiger partial charge is 0.349 e. The Kier molecular flexibility index (Phi) is 4.62. The Hall–Kier alpha value is -2.02. The van der Waals surface area contributed by atoms with E-state index in [0.29, 0.717) is 11.0 Å². The molecule has 1 atom stereocenters. The monoisotopic (exact) mass is 291 g/mol. The van der Waals surface area contributed by atoms with E-state index in [4.69, 9.17) is 5.84 Å². The molecule has 7 heteroatoms. The zero-order valence-electron chi connectivity index (χ0n) is 11.4. The number of nitrogen functional groups attached to an aromatic ring is 1. The van der Waals surface area contributed by atoms with E-state index in [1.165, 1.54) is 16.4 Å². The van der Waals surface area contributed by atoms with Crippen molar-refractivity contribution in [1.82, 2.24) is 20.2 Å². The summed E-state index contributed by atoms with van der Waals surface area (Å²) >= 11 is 1.27. The molecule has 2 rings (SSSR count). The van der Waals surface area contributed by atoms with Gasteiger partial charge in [0, 0.05) is 0 Å². The van der Waals surface area contributed by atoms with Gasteiger partial charge in [-0.15, -0.1) is 10.2 Å². The highest BCUT2D eigenvalue weighted by Gasteiger charge is 2.12. The molecule has 1 aromatic carbocycles. The van der Waals surface area contributed by atoms with Crippen LogP contribution in [-0.4, -0.2) is 26.5 Å². The SMILES string of the molecule is Cc1nnc(SCC(=O)N[C@@H](C)c2ccccc2)n1N. The lowest BCUT2D eigenvalue weighted by Gasteiger charge is -2.13. The Balaban J connectivity index is 1.85. The van der Waals surface area contributed by atoms with Crippen LogP contribution in [0.1, 0.15) is 24.4 Å². The van der Waals surface area contributed by atoms with Crippen LogP contribution >= 0.6 is 11.8 Å². The molecule has 0 fully saturated rings. The van der Waals surface area contributed by atoms with Gasteiger partial charge in [0.1, 0.15) is 5.82 Å². The third-order valence-electron chi connectivity index (χ3n) is 2.84. The van der Waals surface area contributed by atoms with Gasteiger partial charge in [0.2, 0.25) is 11.1 Å². The van der Waals surface area contributed by atoms with Crippen molar-refractivity contribution in [2.24, 2.45) is 0 Å². The topological polar surface area (TPSA) is 85.8 Å². The lowest BCUT2D eigenvalue weighted by molar-refractivity contribution is -0.119. The van der Waals surface area contributed by atoms with Crippen LogP contribution in [0.15, 0.2) is 35.5 Å². The predicted molar refractivity (Wildman–Crippen MR) is 78.6 cm³/mol. The number of nitrogens with zero attached hydrogens (tertiary/aromatic N) is 3. The van der Waals surface area contributed by atoms with Crippen molar-refractivity contribution in [1.29, 1.82) is 0 Å². The number of rotatable bonds is 5. The van der Waals surface area contributed by atoms with Gasteiger partial charge < -0.3 is 11.2 Å². The van der Waals surface area contributed by atoms with Gasteiger partial charge in [0.15, 0.2) is 0 Å². The fourth-order valence-corrected chi connectivity index (χ4v) is 2.40. The van der Waals surface area contributed by atoms with Crippen molar-refractivity contribution in [3.63, 3.8) is 0 Å². The van der Waals surface area contributed by atoms with Crippen LogP contribution in [0.2, 0.25) is 0 Å². The summed E-state index contributed by atoms with van der Waals surface area (Å²) in [6.07, 6.45) is 0. The van der Waals surface area contributed by atoms with Gasteiger partial charge in [-0.2, -0.15) is 0 Å². The standard InChI is InChI=1S/C13H17N5OS/c1-9(11-6-4-3-5-7-11)15-12(19)8-20-13-17-16-10(2)18(13)14/h3-7,9H,8,14H2,1-2H3,(H,15,19)/t9-/m0/s1. The fraction of sp³-hybridized carbons (Fsp3) is 0.308. The van der Waals surface area contributed by atoms with Crippen LogP contribution in [-0.2, 0) is 4.79 Å². The van der Waals surface area contributed by atoms with Gasteiger partial charge in [0.25, 0.3) is 0 Å². The van der Waals surface area contributed by atoms with E-state index in [1.54, 1.807) is 6.92 Å². The number of hydrogen-bond acceptors (Lipinski definition) is 5. The molecule has 0 unspecified atom stereocenters. The van der Waals surface area contributed by atoms with E-state index in [1.807, 2.05) is 37.3 Å². The Morgan fingerprint density at radius 3 is 2.70 bits per heavy atom. The van der Waals surface area contributed by atoms with Crippen LogP contribution < -0.4 is 11.2 Å². The first-order valence-electron chi connectivity index (χ1n) is 6.22. The smallest absolute Gasteiger partial charge is 0.230 e. The third kappa shape index (κ3) is 3.51. The number of carbonyl (C=O) groups excluding carboxylic acids is 1. The van der Waals surface area contributed by atoms with Crippen LogP contribution in [0.4, 0.5) is 0 Å². The molecule has 106 valence electrons. The first kappa shape index (κ1) is 14.4. The number of carbonyl (C=O) groups is 1. The molecule has 1 heterocycles. The molecular formula is C13H17N5OS. The highest BCUT2D eigenvalue weighted by Crippen LogP contribution is 2.15. The molecule has 0 spiro atoms. The summed E-state index contributed by atoms with van der Waals surface area (Å²) in [6, 6.07) is 9.79. The molecule has 0 bridgehead atoms. The van der Waals surface area contributed by atoms with Crippen molar-refractivity contribution in [2.75, 3.05) is 11.6 Å². The molecule has 0 saturated heterocycles. The van der Waals surface area contributed by atoms with E-state index in [0.717, 1.165) is 5.56 Å². The first-order valence-corrected chi connectivity index (χ1v) is 7.20. The molecule has 1 amide bonds. The summed E-state index contributed by atoms with van der Waals surface area (Å²) in [5, 5.41) is 11.2. The summed E-state index contributed by atoms with van der Waals surface area (Å²) in [5.41, 5.74) is 1.07. The molecule has 0 radical (unpaired) electrons. The van der Waals surface area contributed by atoms with Crippen molar-refractivity contribution < 1.29 is 4.79 Å². The molecule has 0 aliphatic carbocycles. The third-order valence-corrected chi connectivity index (χ3v) is 3.79. The number of aromatic nitrogens is 3. The molecule has 3 N–H and O–H groups in total. The number of aryl methyl sites for hydroxylation is 1. The summed E-state index contributed by atoms with van der Waals surface area (Å²) < 4.78 is 1.37. The highest BCUT2D eigenvalue weighted by molar-refractivity contribution is 7.99. The predicted octanol–water partition coefficient (Wildman–Crippen LogP) is 1.27. The van der Waals surface area contributed by atoms with Crippen LogP contribution in [0.5, 0.6) is 0 Å². The second kappa shape index (κ2) is 6.42. The molecular weight excluding hydrogens is 274 g/mol. The summed E-state index contributed by atoms with van der Waals surface area (Å²) in [7, 11) is 0. The summed E-state index contributed by atoms with van der Waals surface area (Å²) in [6.45, 7) is 3.71. The molecule has 6 nitrogen and oxygen atoms in total. The van der Waals surface area contributed by atoms with Gasteiger partial charge in [-0.1, -0.05) is 42.1 Å². The molecule has 0 aliphatic heterocycles. The van der Waals surface area contributed by atoms with E-state index >= 15 is 0 Å². The number of thioether (sulfide) groups is 1. The first-order chi connectivity index (χ1) is 9.58. The van der Waals surface area contributed by atoms with Gasteiger partial charge in [-0.3, -0.25) is 4.79 Å². The second-order valence-corrected chi connectivity index (χ2v) is 5.33. The second-order valence-electron chi connectivity index (χ2n) is 4.39. The molecule has 20 heavy (non-hydrogen) atoms. The van der Waals surface area contributed by atoms with Gasteiger partial charge >= 0.3 is 0 Å². The van der Waals surface area contributed by atoms with Crippen molar-refractivity contribution in [2.45, 2.75) is 25.0 Å². The number of nitrogens with one attached hydrogen (secondary N) is 1. The van der Waals surface area contributed by atoms with Crippen LogP contribution in [0, 0.1) is 6.92 Å². The minimum absolute atomic E-state index is 0.0261. The van der Waals surface area contributed by atoms with Crippen LogP contribution in [0.25, 0.3) is 0 Å². The maximum atomic E-state index is 11.9. The average Bonchev–Trinajstić information content (AvgIpc) is 2.77. The molecule has 0 aliphatic rings. The Morgan fingerprint density at radius 2 is 2.10 bits per heavy atom. The van der Waals surface area contributed by atoms with Gasteiger partial charge in [-0.05, 0) is 19.4 Å². The zero-order chi connectivity index (χ0) is 14.5. The van der Waals surface area contributed by atoms with Gasteiger partial charge in [-0.25, -0.2) is 4.68 Å². The van der Waals surface area contributed by atoms with Crippen LogP contribution in [0.3, 0.4) is 0 Å². The molecule has 1 aromatic heterocycles. The van der Waals surface area contributed by atoms with Crippen molar-refractivity contribution in [3.8, 4) is 0 Å². The Labute approximate surface area is 121 Å². The number of benzene rings is 1. The molecule has 0 saturated carbocycles. The Morgan fingerprint density at radius 1 is 1.40 bits per heavy atom. The number of nitrogens with two attached hydrogens (primary N) is 1. The summed E-state index contributed by atoms with van der Waals surface area (Å²) in [4.78, 5) is 11.9. The Bertz CT molecular complexity index is 584. The zero-order valence-corrected chi connectivity index (χ0v) is 12.2. The van der Waals surface area contributed by atoms with E-state index in [9.17, 15) is 4.79 Å². The van der Waals surface area contributed by atoms with E-state index in [2.05, 4.69) is 15.5 Å². The van der Waals surface area contributed by atoms with Gasteiger partial charge in [0.05, 0.1) is 11.8 Å². The highest BCUT2D eigenvalue weighted by atomic mass is 32.2. The number of amides is 1. The fourth-order valence-electron chi connectivity index (χ4n) is 1.69. The summed E-state index contributed by atoms with van der Waals surface area (Å²) in [5.74, 6) is 6.53. The van der Waals surface area contributed by atoms with Crippen molar-refractivity contribution >= 4 is 17.7 Å². The average molecular weight is 291 g/mol. The molecule has 2 aromatic rings. The maximum Gasteiger partial charge on any atom is 0.230 e. The minimum Gasteiger partial charge on any atom is -0.349 e. The lowest BCUT2D eigenvalue weighted by Crippen LogP contribution is -2.28. The van der Waals surface area contributed by atoms with E-state index < -0.39 is 0 Å². The lowest BCUT2D eigenvalue weighted by atomic mass is 10.1. The maximum absolute atomic E-state index is 11.9. The normalized spacial score (nSPS) is 12.1. The van der Waals surface area contributed by atoms with Crippen molar-refractivity contribution in [3.05, 3.63) is 41.7 Å². The quantitative estimate of drug-likeness (QED) is 0.640.